The third kappa shape index (κ3) is 2.57. The van der Waals surface area contributed by atoms with E-state index in [0.717, 1.165) is 16.9 Å². The SMILES string of the molecule is COc1ccc([C@@H]2CC(=O)Oc3cc(OC)ccc32)cc1. The molecule has 3 rings (SSSR count). The summed E-state index contributed by atoms with van der Waals surface area (Å²) < 4.78 is 15.7. The third-order valence-electron chi connectivity index (χ3n) is 3.71. The van der Waals surface area contributed by atoms with Crippen LogP contribution in [0.4, 0.5) is 0 Å². The molecular weight excluding hydrogens is 268 g/mol. The van der Waals surface area contributed by atoms with Crippen molar-refractivity contribution in [2.75, 3.05) is 14.2 Å². The number of esters is 1. The van der Waals surface area contributed by atoms with Crippen LogP contribution in [-0.4, -0.2) is 20.2 Å². The molecule has 1 aliphatic heterocycles. The lowest BCUT2D eigenvalue weighted by Crippen LogP contribution is -2.21. The van der Waals surface area contributed by atoms with Gasteiger partial charge in [0.05, 0.1) is 20.6 Å². The lowest BCUT2D eigenvalue weighted by Gasteiger charge is -2.25. The fourth-order valence-electron chi connectivity index (χ4n) is 2.59. The van der Waals surface area contributed by atoms with Crippen molar-refractivity contribution in [2.45, 2.75) is 12.3 Å². The van der Waals surface area contributed by atoms with E-state index in [1.54, 1.807) is 20.3 Å². The van der Waals surface area contributed by atoms with Gasteiger partial charge in [-0.25, -0.2) is 0 Å². The maximum atomic E-state index is 11.8. The van der Waals surface area contributed by atoms with Crippen LogP contribution in [0.25, 0.3) is 0 Å². The van der Waals surface area contributed by atoms with Gasteiger partial charge in [-0.05, 0) is 23.8 Å². The van der Waals surface area contributed by atoms with Crippen molar-refractivity contribution in [3.63, 3.8) is 0 Å². The van der Waals surface area contributed by atoms with Crippen LogP contribution < -0.4 is 14.2 Å². The molecule has 0 spiro atoms. The van der Waals surface area contributed by atoms with Crippen LogP contribution in [0, 0.1) is 0 Å². The summed E-state index contributed by atoms with van der Waals surface area (Å²) in [5.74, 6) is 1.82. The Morgan fingerprint density at radius 3 is 2.33 bits per heavy atom. The Balaban J connectivity index is 2.01. The van der Waals surface area contributed by atoms with E-state index in [4.69, 9.17) is 14.2 Å². The van der Waals surface area contributed by atoms with E-state index >= 15 is 0 Å². The van der Waals surface area contributed by atoms with Gasteiger partial charge < -0.3 is 14.2 Å². The molecule has 2 aromatic carbocycles. The molecule has 0 amide bonds. The van der Waals surface area contributed by atoms with Crippen molar-refractivity contribution < 1.29 is 19.0 Å². The first-order chi connectivity index (χ1) is 10.2. The van der Waals surface area contributed by atoms with Crippen molar-refractivity contribution in [1.82, 2.24) is 0 Å². The number of fused-ring (bicyclic) bond motifs is 1. The minimum absolute atomic E-state index is 0.00179. The molecule has 2 aromatic rings. The molecular formula is C17H16O4. The van der Waals surface area contributed by atoms with Crippen LogP contribution in [0.2, 0.25) is 0 Å². The summed E-state index contributed by atoms with van der Waals surface area (Å²) in [6.45, 7) is 0. The van der Waals surface area contributed by atoms with E-state index in [2.05, 4.69) is 0 Å². The Morgan fingerprint density at radius 2 is 1.67 bits per heavy atom. The van der Waals surface area contributed by atoms with Gasteiger partial charge in [-0.3, -0.25) is 4.79 Å². The lowest BCUT2D eigenvalue weighted by atomic mass is 9.86. The third-order valence-corrected chi connectivity index (χ3v) is 3.71. The van der Waals surface area contributed by atoms with Gasteiger partial charge in [-0.15, -0.1) is 0 Å². The maximum Gasteiger partial charge on any atom is 0.312 e. The van der Waals surface area contributed by atoms with Gasteiger partial charge in [0.25, 0.3) is 0 Å². The molecule has 4 heteroatoms. The fourth-order valence-corrected chi connectivity index (χ4v) is 2.59. The van der Waals surface area contributed by atoms with E-state index in [-0.39, 0.29) is 11.9 Å². The number of hydrogen-bond donors (Lipinski definition) is 0. The highest BCUT2D eigenvalue weighted by Crippen LogP contribution is 2.40. The second-order valence-electron chi connectivity index (χ2n) is 4.91. The van der Waals surface area contributed by atoms with Crippen LogP contribution in [0.15, 0.2) is 42.5 Å². The van der Waals surface area contributed by atoms with Gasteiger partial charge in [0.15, 0.2) is 0 Å². The van der Waals surface area contributed by atoms with Crippen molar-refractivity contribution in [3.05, 3.63) is 53.6 Å². The van der Waals surface area contributed by atoms with Crippen molar-refractivity contribution in [2.24, 2.45) is 0 Å². The second kappa shape index (κ2) is 5.48. The molecule has 4 nitrogen and oxygen atoms in total. The molecule has 0 unspecified atom stereocenters. The largest absolute Gasteiger partial charge is 0.497 e. The average Bonchev–Trinajstić information content (AvgIpc) is 2.53. The van der Waals surface area contributed by atoms with Crippen molar-refractivity contribution >= 4 is 5.97 Å². The number of hydrogen-bond acceptors (Lipinski definition) is 4. The minimum atomic E-state index is -0.225. The fraction of sp³-hybridized carbons (Fsp3) is 0.235. The number of methoxy groups -OCH3 is 2. The van der Waals surface area contributed by atoms with E-state index in [9.17, 15) is 4.79 Å². The van der Waals surface area contributed by atoms with Crippen LogP contribution in [0.3, 0.4) is 0 Å². The number of carbonyl (C=O) groups is 1. The zero-order valence-electron chi connectivity index (χ0n) is 12.0. The summed E-state index contributed by atoms with van der Waals surface area (Å²) in [5.41, 5.74) is 2.07. The molecule has 0 saturated carbocycles. The van der Waals surface area contributed by atoms with E-state index in [1.165, 1.54) is 0 Å². The molecule has 0 saturated heterocycles. The molecule has 0 bridgehead atoms. The Hall–Kier alpha value is -2.49. The van der Waals surface area contributed by atoms with E-state index in [1.807, 2.05) is 36.4 Å². The first-order valence-corrected chi connectivity index (χ1v) is 6.74. The Morgan fingerprint density at radius 1 is 1.00 bits per heavy atom. The molecule has 0 fully saturated rings. The van der Waals surface area contributed by atoms with Gasteiger partial charge in [-0.2, -0.15) is 0 Å². The van der Waals surface area contributed by atoms with E-state index in [0.29, 0.717) is 17.9 Å². The van der Waals surface area contributed by atoms with Gasteiger partial charge in [-0.1, -0.05) is 18.2 Å². The maximum absolute atomic E-state index is 11.8. The smallest absolute Gasteiger partial charge is 0.312 e. The highest BCUT2D eigenvalue weighted by atomic mass is 16.5. The molecule has 21 heavy (non-hydrogen) atoms. The highest BCUT2D eigenvalue weighted by Gasteiger charge is 2.28. The highest BCUT2D eigenvalue weighted by molar-refractivity contribution is 5.78. The quantitative estimate of drug-likeness (QED) is 0.641. The first kappa shape index (κ1) is 13.5. The van der Waals surface area contributed by atoms with Gasteiger partial charge >= 0.3 is 5.97 Å². The summed E-state index contributed by atoms with van der Waals surface area (Å²) >= 11 is 0. The summed E-state index contributed by atoms with van der Waals surface area (Å²) in [7, 11) is 3.22. The molecule has 1 heterocycles. The zero-order chi connectivity index (χ0) is 14.8. The van der Waals surface area contributed by atoms with Gasteiger partial charge in [0.2, 0.25) is 0 Å². The average molecular weight is 284 g/mol. The lowest BCUT2D eigenvalue weighted by molar-refractivity contribution is -0.135. The Kier molecular flexibility index (Phi) is 3.52. The number of rotatable bonds is 3. The molecule has 0 radical (unpaired) electrons. The summed E-state index contributed by atoms with van der Waals surface area (Å²) in [5, 5.41) is 0. The summed E-state index contributed by atoms with van der Waals surface area (Å²) in [6, 6.07) is 13.4. The first-order valence-electron chi connectivity index (χ1n) is 6.74. The standard InChI is InChI=1S/C17H16O4/c1-19-12-5-3-11(4-6-12)15-10-17(18)21-16-9-13(20-2)7-8-14(15)16/h3-9,15H,10H2,1-2H3/t15-/m0/s1. The van der Waals surface area contributed by atoms with Gasteiger partial charge in [0.1, 0.15) is 17.2 Å². The van der Waals surface area contributed by atoms with Crippen LogP contribution >= 0.6 is 0 Å². The number of carbonyl (C=O) groups excluding carboxylic acids is 1. The minimum Gasteiger partial charge on any atom is -0.497 e. The molecule has 108 valence electrons. The zero-order valence-corrected chi connectivity index (χ0v) is 12.0. The normalized spacial score (nSPS) is 16.9. The van der Waals surface area contributed by atoms with Crippen LogP contribution in [0.1, 0.15) is 23.5 Å². The van der Waals surface area contributed by atoms with Crippen LogP contribution in [0.5, 0.6) is 17.2 Å². The molecule has 0 aliphatic carbocycles. The second-order valence-corrected chi connectivity index (χ2v) is 4.91. The summed E-state index contributed by atoms with van der Waals surface area (Å²) in [4.78, 5) is 11.8. The summed E-state index contributed by atoms with van der Waals surface area (Å²) in [6.07, 6.45) is 0.339. The van der Waals surface area contributed by atoms with Crippen molar-refractivity contribution in [3.8, 4) is 17.2 Å². The number of benzene rings is 2. The van der Waals surface area contributed by atoms with Gasteiger partial charge in [0, 0.05) is 17.5 Å². The van der Waals surface area contributed by atoms with Crippen molar-refractivity contribution in [1.29, 1.82) is 0 Å². The monoisotopic (exact) mass is 284 g/mol. The predicted octanol–water partition coefficient (Wildman–Crippen LogP) is 3.14. The molecule has 0 N–H and O–H groups in total. The predicted molar refractivity (Wildman–Crippen MR) is 78.1 cm³/mol. The van der Waals surface area contributed by atoms with E-state index < -0.39 is 0 Å². The molecule has 1 atom stereocenters. The Bertz CT molecular complexity index is 661. The molecule has 0 aromatic heterocycles. The van der Waals surface area contributed by atoms with Crippen LogP contribution in [-0.2, 0) is 4.79 Å². The molecule has 1 aliphatic rings. The number of ether oxygens (including phenoxy) is 3. The Labute approximate surface area is 123 Å². The topological polar surface area (TPSA) is 44.8 Å².